The van der Waals surface area contributed by atoms with Gasteiger partial charge in [0.05, 0.1) is 5.69 Å². The van der Waals surface area contributed by atoms with Crippen LogP contribution in [-0.2, 0) is 16.2 Å². The summed E-state index contributed by atoms with van der Waals surface area (Å²) in [7, 11) is 0. The molecule has 3 heteroatoms. The minimum Gasteiger partial charge on any atom is -0.311 e. The Kier molecular flexibility index (Phi) is 8.22. The second kappa shape index (κ2) is 12.7. The summed E-state index contributed by atoms with van der Waals surface area (Å²) >= 11 is 0. The van der Waals surface area contributed by atoms with Crippen LogP contribution in [0.15, 0.2) is 140 Å². The summed E-state index contributed by atoms with van der Waals surface area (Å²) < 4.78 is 0. The first-order valence-electron chi connectivity index (χ1n) is 20.3. The molecule has 0 saturated carbocycles. The van der Waals surface area contributed by atoms with Crippen molar-refractivity contribution in [2.75, 3.05) is 9.80 Å². The third-order valence-corrected chi connectivity index (χ3v) is 12.2. The van der Waals surface area contributed by atoms with Crippen molar-refractivity contribution in [3.05, 3.63) is 162 Å². The monoisotopic (exact) mass is 728 g/mol. The largest absolute Gasteiger partial charge is 0.311 e. The highest BCUT2D eigenvalue weighted by molar-refractivity contribution is 7.00. The lowest BCUT2D eigenvalue weighted by atomic mass is 9.33. The van der Waals surface area contributed by atoms with Gasteiger partial charge >= 0.3 is 0 Å². The number of hydrogen-bond donors (Lipinski definition) is 0. The van der Waals surface area contributed by atoms with Crippen molar-refractivity contribution >= 4 is 68.0 Å². The van der Waals surface area contributed by atoms with Gasteiger partial charge in [-0.15, -0.1) is 0 Å². The highest BCUT2D eigenvalue weighted by Crippen LogP contribution is 2.48. The van der Waals surface area contributed by atoms with Gasteiger partial charge in [0, 0.05) is 33.8 Å². The number of fused-ring (bicyclic) bond motifs is 5. The molecule has 2 aliphatic heterocycles. The fourth-order valence-electron chi connectivity index (χ4n) is 8.90. The topological polar surface area (TPSA) is 6.48 Å². The maximum Gasteiger partial charge on any atom is 0.252 e. The van der Waals surface area contributed by atoms with Crippen LogP contribution in [0.1, 0.15) is 84.6 Å². The fourth-order valence-corrected chi connectivity index (χ4v) is 8.90. The van der Waals surface area contributed by atoms with E-state index in [1.165, 1.54) is 94.7 Å². The van der Waals surface area contributed by atoms with Crippen LogP contribution >= 0.6 is 0 Å². The Morgan fingerprint density at radius 2 is 0.929 bits per heavy atom. The van der Waals surface area contributed by atoms with Crippen LogP contribution in [0.3, 0.4) is 0 Å². The van der Waals surface area contributed by atoms with Crippen LogP contribution in [-0.4, -0.2) is 6.71 Å². The Morgan fingerprint density at radius 3 is 1.52 bits per heavy atom. The van der Waals surface area contributed by atoms with Crippen molar-refractivity contribution < 1.29 is 0 Å². The lowest BCUT2D eigenvalue weighted by Crippen LogP contribution is -2.61. The molecule has 0 fully saturated rings. The lowest BCUT2D eigenvalue weighted by Gasteiger charge is -2.45. The van der Waals surface area contributed by atoms with Crippen molar-refractivity contribution in [2.45, 2.75) is 85.5 Å². The number of anilines is 6. The summed E-state index contributed by atoms with van der Waals surface area (Å²) in [5.74, 6) is 0. The third-order valence-electron chi connectivity index (χ3n) is 12.2. The molecule has 2 heterocycles. The van der Waals surface area contributed by atoms with E-state index in [4.69, 9.17) is 0 Å². The maximum atomic E-state index is 2.58. The summed E-state index contributed by atoms with van der Waals surface area (Å²) in [6, 6.07) is 53.5. The molecule has 0 spiro atoms. The van der Waals surface area contributed by atoms with Gasteiger partial charge in [-0.25, -0.2) is 0 Å². The Balaban J connectivity index is 1.43. The molecule has 0 N–H and O–H groups in total. The van der Waals surface area contributed by atoms with E-state index in [9.17, 15) is 0 Å². The van der Waals surface area contributed by atoms with Crippen LogP contribution in [0.4, 0.5) is 34.1 Å². The van der Waals surface area contributed by atoms with E-state index in [1.54, 1.807) is 0 Å². The molecular weight excluding hydrogens is 675 g/mol. The molecule has 2 nitrogen and oxygen atoms in total. The second-order valence-electron chi connectivity index (χ2n) is 19.2. The normalized spacial score (nSPS) is 13.8. The van der Waals surface area contributed by atoms with E-state index in [0.29, 0.717) is 0 Å². The predicted molar refractivity (Wildman–Crippen MR) is 244 cm³/mol. The number of nitrogens with zero attached hydrogens (tertiary/aromatic N) is 2. The molecule has 278 valence electrons. The van der Waals surface area contributed by atoms with Crippen molar-refractivity contribution in [1.82, 2.24) is 0 Å². The number of hydrogen-bond acceptors (Lipinski definition) is 2. The van der Waals surface area contributed by atoms with Gasteiger partial charge in [0.25, 0.3) is 6.71 Å². The standard InChI is InChI=1S/C53H53BN2/c1-34-18-20-35(21-19-34)37-30-48-50-49(31-37)56(45-17-13-15-36-14-11-12-16-42(36)45)47-29-25-40(53(8,9)10)33-44(47)54(50)43-32-39(52(5,6)7)24-28-46(43)55(48)41-26-22-38(23-27-41)51(2,3)4/h11-33H,1-10H3. The van der Waals surface area contributed by atoms with Crippen LogP contribution in [0.5, 0.6) is 0 Å². The maximum absolute atomic E-state index is 2.58. The molecule has 0 saturated heterocycles. The highest BCUT2D eigenvalue weighted by atomic mass is 15.2. The first-order chi connectivity index (χ1) is 26.6. The molecule has 0 atom stereocenters. The Hall–Kier alpha value is -5.54. The molecule has 7 aromatic carbocycles. The van der Waals surface area contributed by atoms with Crippen molar-refractivity contribution in [3.63, 3.8) is 0 Å². The molecule has 0 aliphatic carbocycles. The zero-order valence-corrected chi connectivity index (χ0v) is 34.8. The summed E-state index contributed by atoms with van der Waals surface area (Å²) in [5, 5.41) is 2.49. The first kappa shape index (κ1) is 36.1. The van der Waals surface area contributed by atoms with Gasteiger partial charge in [0.2, 0.25) is 0 Å². The van der Waals surface area contributed by atoms with Crippen LogP contribution < -0.4 is 26.2 Å². The van der Waals surface area contributed by atoms with Gasteiger partial charge in [0.15, 0.2) is 0 Å². The SMILES string of the molecule is Cc1ccc(-c2cc3c4c(c2)N(c2cccc5ccccc25)c2ccc(C(C)(C)C)cc2B4c2cc(C(C)(C)C)ccc2N3c2ccc(C(C)(C)C)cc2)cc1. The predicted octanol–water partition coefficient (Wildman–Crippen LogP) is 12.8. The molecule has 0 radical (unpaired) electrons. The minimum atomic E-state index is -0.0106. The van der Waals surface area contributed by atoms with Crippen LogP contribution in [0.25, 0.3) is 21.9 Å². The van der Waals surface area contributed by atoms with Gasteiger partial charge < -0.3 is 9.80 Å². The van der Waals surface area contributed by atoms with Crippen molar-refractivity contribution in [2.24, 2.45) is 0 Å². The minimum absolute atomic E-state index is 0.00757. The van der Waals surface area contributed by atoms with Gasteiger partial charge in [-0.1, -0.05) is 165 Å². The Bertz CT molecular complexity index is 2640. The molecule has 0 unspecified atom stereocenters. The van der Waals surface area contributed by atoms with Crippen molar-refractivity contribution in [3.8, 4) is 11.1 Å². The molecule has 2 aliphatic rings. The summed E-state index contributed by atoms with van der Waals surface area (Å²) in [6.45, 7) is 23.1. The van der Waals surface area contributed by atoms with Gasteiger partial charge in [0.1, 0.15) is 0 Å². The van der Waals surface area contributed by atoms with Gasteiger partial charge in [-0.05, 0) is 115 Å². The van der Waals surface area contributed by atoms with E-state index in [0.717, 1.165) is 0 Å². The van der Waals surface area contributed by atoms with E-state index in [-0.39, 0.29) is 23.0 Å². The number of benzene rings is 7. The molecule has 0 aromatic heterocycles. The lowest BCUT2D eigenvalue weighted by molar-refractivity contribution is 0.590. The van der Waals surface area contributed by atoms with E-state index in [2.05, 4.69) is 219 Å². The first-order valence-corrected chi connectivity index (χ1v) is 20.3. The number of aryl methyl sites for hydroxylation is 1. The van der Waals surface area contributed by atoms with Gasteiger partial charge in [-0.2, -0.15) is 0 Å². The number of rotatable bonds is 3. The average molecular weight is 729 g/mol. The smallest absolute Gasteiger partial charge is 0.252 e. The average Bonchev–Trinajstić information content (AvgIpc) is 3.16. The zero-order valence-electron chi connectivity index (χ0n) is 34.8. The summed E-state index contributed by atoms with van der Waals surface area (Å²) in [4.78, 5) is 5.14. The quantitative estimate of drug-likeness (QED) is 0.167. The molecule has 0 amide bonds. The molecule has 0 bridgehead atoms. The summed E-state index contributed by atoms with van der Waals surface area (Å²) in [6.07, 6.45) is 0. The molecule has 7 aromatic rings. The summed E-state index contributed by atoms with van der Waals surface area (Å²) in [5.41, 5.74) is 19.2. The Labute approximate surface area is 334 Å². The van der Waals surface area contributed by atoms with E-state index >= 15 is 0 Å². The van der Waals surface area contributed by atoms with Crippen molar-refractivity contribution in [1.29, 1.82) is 0 Å². The molecular formula is C53H53BN2. The fraction of sp³-hybridized carbons (Fsp3) is 0.245. The zero-order chi connectivity index (χ0) is 39.3. The molecule has 9 rings (SSSR count). The van der Waals surface area contributed by atoms with Crippen LogP contribution in [0.2, 0.25) is 0 Å². The van der Waals surface area contributed by atoms with Gasteiger partial charge in [-0.3, -0.25) is 0 Å². The molecule has 56 heavy (non-hydrogen) atoms. The second-order valence-corrected chi connectivity index (χ2v) is 19.2. The van der Waals surface area contributed by atoms with Crippen LogP contribution in [0, 0.1) is 6.92 Å². The van der Waals surface area contributed by atoms with E-state index in [1.807, 2.05) is 0 Å². The highest BCUT2D eigenvalue weighted by Gasteiger charge is 2.44. The third kappa shape index (κ3) is 5.95. The Morgan fingerprint density at radius 1 is 0.411 bits per heavy atom. The van der Waals surface area contributed by atoms with E-state index < -0.39 is 0 Å².